The summed E-state index contributed by atoms with van der Waals surface area (Å²) in [4.78, 5) is 3.94. The van der Waals surface area contributed by atoms with Gasteiger partial charge in [-0.05, 0) is 0 Å². The normalized spacial score (nSPS) is 5.00. The van der Waals surface area contributed by atoms with Crippen LogP contribution in [-0.4, -0.2) is 14.7 Å². The molecule has 21 valence electrons. The van der Waals surface area contributed by atoms with Crippen LogP contribution in [0, 0.1) is 0 Å². The van der Waals surface area contributed by atoms with Crippen molar-refractivity contribution in [3.63, 3.8) is 0 Å². The Morgan fingerprint density at radius 2 is 2.25 bits per heavy atom. The summed E-state index contributed by atoms with van der Waals surface area (Å²) in [5.41, 5.74) is 0. The van der Waals surface area contributed by atoms with Gasteiger partial charge in [0.1, 0.15) is 0 Å². The molecular formula is CH3BNO. The van der Waals surface area contributed by atoms with Gasteiger partial charge in [-0.25, -0.2) is 0 Å². The number of hydrogen-bond donors (Lipinski definition) is 0. The third-order valence-corrected chi connectivity index (χ3v) is 0.105. The van der Waals surface area contributed by atoms with E-state index in [0.29, 0.717) is 0 Å². The average molecular weight is 55.9 g/mol. The first-order valence-corrected chi connectivity index (χ1v) is 0.849. The SMILES string of the molecule is [B]=NOC. The van der Waals surface area contributed by atoms with Crippen LogP contribution in [0.2, 0.25) is 0 Å². The topological polar surface area (TPSA) is 21.6 Å². The second kappa shape index (κ2) is 2.66. The average Bonchev–Trinajstić information content (AvgIpc) is 1.37. The molecule has 0 aromatic rings. The summed E-state index contributed by atoms with van der Waals surface area (Å²) in [6, 6.07) is 0. The number of hydrogen-bond acceptors (Lipinski definition) is 2. The van der Waals surface area contributed by atoms with Crippen molar-refractivity contribution in [2.45, 2.75) is 0 Å². The van der Waals surface area contributed by atoms with Crippen LogP contribution < -0.4 is 0 Å². The van der Waals surface area contributed by atoms with Crippen LogP contribution in [-0.2, 0) is 4.84 Å². The van der Waals surface area contributed by atoms with E-state index in [0.717, 1.165) is 0 Å². The maximum atomic E-state index is 4.43. The molecule has 0 spiro atoms. The predicted molar refractivity (Wildman–Crippen MR) is 15.2 cm³/mol. The summed E-state index contributed by atoms with van der Waals surface area (Å²) < 4.78 is 0. The molecule has 0 heterocycles. The van der Waals surface area contributed by atoms with Crippen molar-refractivity contribution >= 4 is 7.64 Å². The fourth-order valence-electron chi connectivity index (χ4n) is 0. The van der Waals surface area contributed by atoms with Crippen LogP contribution in [0.4, 0.5) is 0 Å². The van der Waals surface area contributed by atoms with Gasteiger partial charge in [-0.2, -0.15) is 0 Å². The van der Waals surface area contributed by atoms with Crippen molar-refractivity contribution < 1.29 is 4.84 Å². The van der Waals surface area contributed by atoms with Crippen LogP contribution in [0.25, 0.3) is 0 Å². The second-order valence-corrected chi connectivity index (χ2v) is 0.288. The van der Waals surface area contributed by atoms with Gasteiger partial charge in [-0.1, -0.05) is 0 Å². The molecule has 0 fully saturated rings. The van der Waals surface area contributed by atoms with Crippen LogP contribution >= 0.6 is 0 Å². The first-order chi connectivity index (χ1) is 1.91. The Morgan fingerprint density at radius 1 is 2.00 bits per heavy atom. The third kappa shape index (κ3) is 1.66. The maximum absolute atomic E-state index is 4.43. The van der Waals surface area contributed by atoms with Crippen molar-refractivity contribution in [1.29, 1.82) is 0 Å². The van der Waals surface area contributed by atoms with Gasteiger partial charge in [0.05, 0.1) is 0 Å². The van der Waals surface area contributed by atoms with Crippen molar-refractivity contribution in [3.05, 3.63) is 0 Å². The first-order valence-electron chi connectivity index (χ1n) is 0.849. The third-order valence-electron chi connectivity index (χ3n) is 0.105. The van der Waals surface area contributed by atoms with Crippen LogP contribution in [0.15, 0.2) is 5.06 Å². The molecular weight excluding hydrogens is 52.8 g/mol. The Balaban J connectivity index is 2.30. The zero-order valence-corrected chi connectivity index (χ0v) is 2.43. The van der Waals surface area contributed by atoms with Crippen molar-refractivity contribution in [2.24, 2.45) is 5.06 Å². The minimum atomic E-state index is 1.39. The summed E-state index contributed by atoms with van der Waals surface area (Å²) in [6.07, 6.45) is 0. The Labute approximate surface area is 25.9 Å². The Hall–Kier alpha value is -0.335. The fourth-order valence-corrected chi connectivity index (χ4v) is 0. The van der Waals surface area contributed by atoms with Crippen molar-refractivity contribution in [1.82, 2.24) is 0 Å². The van der Waals surface area contributed by atoms with Crippen molar-refractivity contribution in [3.8, 4) is 0 Å². The Bertz CT molecular complexity index is 22.0. The number of rotatable bonds is 1. The van der Waals surface area contributed by atoms with E-state index in [4.69, 9.17) is 0 Å². The van der Waals surface area contributed by atoms with E-state index in [1.165, 1.54) is 7.11 Å². The van der Waals surface area contributed by atoms with Crippen LogP contribution in [0.5, 0.6) is 0 Å². The second-order valence-electron chi connectivity index (χ2n) is 0.288. The van der Waals surface area contributed by atoms with E-state index in [1.807, 2.05) is 0 Å². The van der Waals surface area contributed by atoms with Gasteiger partial charge in [0.25, 0.3) is 0 Å². The molecule has 0 N–H and O–H groups in total. The zero-order valence-electron chi connectivity index (χ0n) is 2.43. The molecule has 4 heavy (non-hydrogen) atoms. The molecule has 0 amide bonds. The molecule has 0 bridgehead atoms. The predicted octanol–water partition coefficient (Wildman–Crippen LogP) is -0.100. The first kappa shape index (κ1) is 3.66. The van der Waals surface area contributed by atoms with E-state index < -0.39 is 0 Å². The molecule has 0 aliphatic rings. The summed E-state index contributed by atoms with van der Waals surface area (Å²) in [5, 5.41) is 2.74. The van der Waals surface area contributed by atoms with Crippen molar-refractivity contribution in [2.75, 3.05) is 7.11 Å². The quantitative estimate of drug-likeness (QED) is 0.303. The molecule has 2 nitrogen and oxygen atoms in total. The number of nitrogens with zero attached hydrogens (tertiary/aromatic N) is 1. The summed E-state index contributed by atoms with van der Waals surface area (Å²) in [6.45, 7) is 0. The minimum absolute atomic E-state index is 1.39. The molecule has 0 atom stereocenters. The molecule has 0 rings (SSSR count). The summed E-state index contributed by atoms with van der Waals surface area (Å²) in [7, 11) is 5.82. The molecule has 0 aliphatic heterocycles. The van der Waals surface area contributed by atoms with Crippen LogP contribution in [0.3, 0.4) is 0 Å². The molecule has 1 radical (unpaired) electrons. The van der Waals surface area contributed by atoms with Gasteiger partial charge in [-0.3, -0.25) is 0 Å². The molecule has 0 saturated carbocycles. The van der Waals surface area contributed by atoms with Gasteiger partial charge in [0.2, 0.25) is 0 Å². The van der Waals surface area contributed by atoms with E-state index in [-0.39, 0.29) is 0 Å². The molecule has 3 heteroatoms. The van der Waals surface area contributed by atoms with E-state index in [2.05, 4.69) is 17.5 Å². The van der Waals surface area contributed by atoms with Gasteiger partial charge in [0.15, 0.2) is 0 Å². The monoisotopic (exact) mass is 56.0 g/mol. The van der Waals surface area contributed by atoms with Gasteiger partial charge >= 0.3 is 24.6 Å². The van der Waals surface area contributed by atoms with E-state index in [9.17, 15) is 0 Å². The molecule has 0 unspecified atom stereocenters. The fraction of sp³-hybridized carbons (Fsp3) is 1.00. The molecule has 0 saturated heterocycles. The van der Waals surface area contributed by atoms with E-state index in [1.54, 1.807) is 0 Å². The van der Waals surface area contributed by atoms with E-state index >= 15 is 0 Å². The molecule has 0 aromatic heterocycles. The standard InChI is InChI=1S/CH3BNO/c1-4-3-2/h1H3. The Morgan fingerprint density at radius 3 is 2.25 bits per heavy atom. The Kier molecular flexibility index (Phi) is 2.44. The van der Waals surface area contributed by atoms with Crippen LogP contribution in [0.1, 0.15) is 0 Å². The van der Waals surface area contributed by atoms with Gasteiger partial charge in [0, 0.05) is 0 Å². The van der Waals surface area contributed by atoms with Gasteiger partial charge in [-0.15, -0.1) is 0 Å². The van der Waals surface area contributed by atoms with Gasteiger partial charge < -0.3 is 0 Å². The molecule has 0 aromatic carbocycles. The molecule has 0 aliphatic carbocycles. The summed E-state index contributed by atoms with van der Waals surface area (Å²) >= 11 is 0. The zero-order chi connectivity index (χ0) is 3.41. The summed E-state index contributed by atoms with van der Waals surface area (Å²) in [5.74, 6) is 0.